The van der Waals surface area contributed by atoms with Crippen molar-refractivity contribution in [1.82, 2.24) is 4.90 Å². The minimum absolute atomic E-state index is 0.0868. The molecule has 7 heteroatoms. The zero-order valence-corrected chi connectivity index (χ0v) is 16.6. The Hall–Kier alpha value is -1.66. The molecule has 2 fully saturated rings. The number of rotatable bonds is 2. The summed E-state index contributed by atoms with van der Waals surface area (Å²) in [6, 6.07) is 2.66. The molecule has 0 bridgehead atoms. The van der Waals surface area contributed by atoms with Gasteiger partial charge in [0.05, 0.1) is 12.2 Å². The summed E-state index contributed by atoms with van der Waals surface area (Å²) in [4.78, 5) is 26.1. The molecule has 1 aromatic rings. The highest BCUT2D eigenvalue weighted by Crippen LogP contribution is 2.47. The third-order valence-electron chi connectivity index (χ3n) is 5.92. The number of halogens is 2. The standard InChI is InChI=1S/C20H25ClFNO4/c1-19(2,3)12-6-8-20(9-7-12)23(16(11-27-20)18(25)26)17(24)14-5-4-13(21)10-15(14)22/h4-5,10,12,16H,6-9,11H2,1-3H3,(H,25,26)/t12?,16-,20?/m1/s1. The lowest BCUT2D eigenvalue weighted by Crippen LogP contribution is -2.55. The molecule has 27 heavy (non-hydrogen) atoms. The molecule has 148 valence electrons. The maximum Gasteiger partial charge on any atom is 0.328 e. The molecule has 3 rings (SSSR count). The number of amides is 1. The zero-order chi connectivity index (χ0) is 20.0. The molecule has 1 heterocycles. The maximum absolute atomic E-state index is 14.3. The van der Waals surface area contributed by atoms with E-state index >= 15 is 0 Å². The van der Waals surface area contributed by atoms with E-state index in [1.807, 2.05) is 0 Å². The van der Waals surface area contributed by atoms with Gasteiger partial charge in [0.1, 0.15) is 11.5 Å². The van der Waals surface area contributed by atoms with Gasteiger partial charge in [-0.25, -0.2) is 9.18 Å². The fraction of sp³-hybridized carbons (Fsp3) is 0.600. The molecule has 1 aromatic carbocycles. The Kier molecular flexibility index (Phi) is 5.25. The molecule has 1 amide bonds. The fourth-order valence-electron chi connectivity index (χ4n) is 4.28. The van der Waals surface area contributed by atoms with Crippen LogP contribution in [0.2, 0.25) is 5.02 Å². The van der Waals surface area contributed by atoms with E-state index in [1.54, 1.807) is 0 Å². The molecule has 1 aliphatic heterocycles. The van der Waals surface area contributed by atoms with Crippen molar-refractivity contribution in [2.45, 2.75) is 58.2 Å². The van der Waals surface area contributed by atoms with Gasteiger partial charge in [-0.2, -0.15) is 0 Å². The van der Waals surface area contributed by atoms with Crippen LogP contribution in [0.15, 0.2) is 18.2 Å². The van der Waals surface area contributed by atoms with Gasteiger partial charge in [0.2, 0.25) is 0 Å². The van der Waals surface area contributed by atoms with Gasteiger partial charge >= 0.3 is 5.97 Å². The Balaban J connectivity index is 1.93. The summed E-state index contributed by atoms with van der Waals surface area (Å²) in [5.41, 5.74) is -1.05. The molecule has 1 spiro atoms. The summed E-state index contributed by atoms with van der Waals surface area (Å²) >= 11 is 5.78. The molecule has 0 unspecified atom stereocenters. The van der Waals surface area contributed by atoms with Gasteiger partial charge in [0.25, 0.3) is 5.91 Å². The summed E-state index contributed by atoms with van der Waals surface area (Å²) in [5, 5.41) is 9.78. The minimum Gasteiger partial charge on any atom is -0.480 e. The second-order valence-corrected chi connectivity index (χ2v) is 8.99. The topological polar surface area (TPSA) is 66.8 Å². The van der Waals surface area contributed by atoms with Crippen LogP contribution in [-0.4, -0.2) is 40.3 Å². The number of ether oxygens (including phenoxy) is 1. The lowest BCUT2D eigenvalue weighted by molar-refractivity contribution is -0.144. The van der Waals surface area contributed by atoms with Gasteiger partial charge in [-0.15, -0.1) is 0 Å². The third-order valence-corrected chi connectivity index (χ3v) is 6.15. The lowest BCUT2D eigenvalue weighted by Gasteiger charge is -2.46. The zero-order valence-electron chi connectivity index (χ0n) is 15.8. The van der Waals surface area contributed by atoms with Crippen molar-refractivity contribution in [2.75, 3.05) is 6.61 Å². The highest BCUT2D eigenvalue weighted by atomic mass is 35.5. The Bertz CT molecular complexity index is 753. The average Bonchev–Trinajstić information content (AvgIpc) is 2.93. The summed E-state index contributed by atoms with van der Waals surface area (Å²) in [6.07, 6.45) is 2.73. The van der Waals surface area contributed by atoms with E-state index in [4.69, 9.17) is 16.3 Å². The first kappa shape index (κ1) is 20.1. The molecule has 1 atom stereocenters. The Morgan fingerprint density at radius 2 is 1.93 bits per heavy atom. The second-order valence-electron chi connectivity index (χ2n) is 8.55. The van der Waals surface area contributed by atoms with E-state index in [2.05, 4.69) is 20.8 Å². The number of carboxylic acids is 1. The number of hydrogen-bond donors (Lipinski definition) is 1. The number of carboxylic acid groups (broad SMARTS) is 1. The summed E-state index contributed by atoms with van der Waals surface area (Å²) in [5.74, 6) is -2.11. The van der Waals surface area contributed by atoms with E-state index in [9.17, 15) is 19.1 Å². The highest BCUT2D eigenvalue weighted by molar-refractivity contribution is 6.30. The molecule has 2 aliphatic rings. The summed E-state index contributed by atoms with van der Waals surface area (Å²) < 4.78 is 20.2. The Morgan fingerprint density at radius 3 is 2.44 bits per heavy atom. The molecule has 0 aromatic heterocycles. The Labute approximate surface area is 163 Å². The number of aliphatic carboxylic acids is 1. The lowest BCUT2D eigenvalue weighted by atomic mass is 9.70. The van der Waals surface area contributed by atoms with Crippen molar-refractivity contribution < 1.29 is 23.8 Å². The molecular formula is C20H25ClFNO4. The van der Waals surface area contributed by atoms with E-state index in [0.29, 0.717) is 18.8 Å². The predicted octanol–water partition coefficient (Wildman–Crippen LogP) is 4.34. The Morgan fingerprint density at radius 1 is 1.30 bits per heavy atom. The van der Waals surface area contributed by atoms with Crippen molar-refractivity contribution in [3.63, 3.8) is 0 Å². The highest BCUT2D eigenvalue weighted by Gasteiger charge is 2.55. The van der Waals surface area contributed by atoms with Gasteiger partial charge in [0.15, 0.2) is 6.04 Å². The average molecular weight is 398 g/mol. The number of hydrogen-bond acceptors (Lipinski definition) is 3. The van der Waals surface area contributed by atoms with Crippen molar-refractivity contribution in [3.8, 4) is 0 Å². The fourth-order valence-corrected chi connectivity index (χ4v) is 4.44. The van der Waals surface area contributed by atoms with Crippen molar-refractivity contribution in [2.24, 2.45) is 11.3 Å². The summed E-state index contributed by atoms with van der Waals surface area (Å²) in [7, 11) is 0. The SMILES string of the molecule is CC(C)(C)C1CCC2(CC1)OC[C@H](C(=O)O)N2C(=O)c1ccc(Cl)cc1F. The number of carbonyl (C=O) groups excluding carboxylic acids is 1. The van der Waals surface area contributed by atoms with Gasteiger partial charge in [0, 0.05) is 5.02 Å². The van der Waals surface area contributed by atoms with Gasteiger partial charge in [-0.05, 0) is 55.2 Å². The quantitative estimate of drug-likeness (QED) is 0.806. The predicted molar refractivity (Wildman–Crippen MR) is 99.1 cm³/mol. The van der Waals surface area contributed by atoms with E-state index in [0.717, 1.165) is 18.9 Å². The molecule has 5 nitrogen and oxygen atoms in total. The van der Waals surface area contributed by atoms with Crippen LogP contribution in [0.25, 0.3) is 0 Å². The number of nitrogens with zero attached hydrogens (tertiary/aromatic N) is 1. The first-order valence-corrected chi connectivity index (χ1v) is 9.58. The minimum atomic E-state index is -1.15. The van der Waals surface area contributed by atoms with Gasteiger partial charge in [-0.1, -0.05) is 32.4 Å². The monoisotopic (exact) mass is 397 g/mol. The second kappa shape index (κ2) is 7.06. The normalized spacial score (nSPS) is 28.6. The van der Waals surface area contributed by atoms with Crippen LogP contribution in [0.1, 0.15) is 56.8 Å². The molecule has 1 saturated heterocycles. The van der Waals surface area contributed by atoms with Crippen LogP contribution in [0, 0.1) is 17.2 Å². The van der Waals surface area contributed by atoms with Gasteiger partial charge < -0.3 is 9.84 Å². The first-order chi connectivity index (χ1) is 12.5. The van der Waals surface area contributed by atoms with Crippen LogP contribution < -0.4 is 0 Å². The van der Waals surface area contributed by atoms with Crippen LogP contribution in [0.4, 0.5) is 4.39 Å². The smallest absolute Gasteiger partial charge is 0.328 e. The van der Waals surface area contributed by atoms with Crippen molar-refractivity contribution in [3.05, 3.63) is 34.6 Å². The molecule has 1 N–H and O–H groups in total. The van der Waals surface area contributed by atoms with Crippen molar-refractivity contribution in [1.29, 1.82) is 0 Å². The summed E-state index contributed by atoms with van der Waals surface area (Å²) in [6.45, 7) is 6.45. The molecular weight excluding hydrogens is 373 g/mol. The van der Waals surface area contributed by atoms with Crippen LogP contribution in [0.5, 0.6) is 0 Å². The molecule has 1 saturated carbocycles. The molecule has 1 aliphatic carbocycles. The van der Waals surface area contributed by atoms with E-state index in [1.165, 1.54) is 17.0 Å². The largest absolute Gasteiger partial charge is 0.480 e. The number of benzene rings is 1. The van der Waals surface area contributed by atoms with E-state index in [-0.39, 0.29) is 22.6 Å². The van der Waals surface area contributed by atoms with Crippen LogP contribution in [0.3, 0.4) is 0 Å². The van der Waals surface area contributed by atoms with Crippen LogP contribution in [-0.2, 0) is 9.53 Å². The first-order valence-electron chi connectivity index (χ1n) is 9.21. The van der Waals surface area contributed by atoms with Crippen molar-refractivity contribution >= 4 is 23.5 Å². The molecule has 0 radical (unpaired) electrons. The maximum atomic E-state index is 14.3. The number of carbonyl (C=O) groups is 2. The van der Waals surface area contributed by atoms with Crippen LogP contribution >= 0.6 is 11.6 Å². The van der Waals surface area contributed by atoms with E-state index < -0.39 is 29.5 Å². The third kappa shape index (κ3) is 3.69. The van der Waals surface area contributed by atoms with Gasteiger partial charge in [-0.3, -0.25) is 9.69 Å².